The van der Waals surface area contributed by atoms with E-state index in [1.165, 1.54) is 0 Å². The number of amides is 1. The summed E-state index contributed by atoms with van der Waals surface area (Å²) >= 11 is 6.76. The standard InChI is InChI=1S/C22H25ClN8O/c1-4-30-10-13-14(28-30)7-6-12(18(13)23)19-17-20(27-26-19)25-22(29(3)21(17)32)31-11-5-8-16(31)15(9-11)24-2/h6-7,10-11,15-17,24H,4-5,8-9H2,1-3H3/t11-,15+,16+,17?/m0/s1. The van der Waals surface area contributed by atoms with Crippen LogP contribution in [0, 0.1) is 5.92 Å². The zero-order valence-electron chi connectivity index (χ0n) is 18.3. The highest BCUT2D eigenvalue weighted by Gasteiger charge is 2.51. The number of nitrogens with one attached hydrogen (secondary N) is 1. The molecule has 4 aliphatic rings. The molecule has 1 amide bonds. The minimum Gasteiger partial charge on any atom is -0.335 e. The maximum Gasteiger partial charge on any atom is 0.246 e. The van der Waals surface area contributed by atoms with Crippen molar-refractivity contribution in [3.05, 3.63) is 28.9 Å². The summed E-state index contributed by atoms with van der Waals surface area (Å²) in [6.45, 7) is 2.78. The van der Waals surface area contributed by atoms with Gasteiger partial charge in [-0.25, -0.2) is 0 Å². The molecule has 0 saturated carbocycles. The molecule has 0 aliphatic carbocycles. The van der Waals surface area contributed by atoms with E-state index >= 15 is 0 Å². The number of benzene rings is 1. The van der Waals surface area contributed by atoms with Gasteiger partial charge in [-0.3, -0.25) is 14.4 Å². The van der Waals surface area contributed by atoms with Crippen molar-refractivity contribution < 1.29 is 4.79 Å². The average molecular weight is 453 g/mol. The second-order valence-corrected chi connectivity index (χ2v) is 9.24. The molecule has 0 spiro atoms. The number of hydrogen-bond donors (Lipinski definition) is 1. The van der Waals surface area contributed by atoms with Gasteiger partial charge in [0.2, 0.25) is 11.9 Å². The van der Waals surface area contributed by atoms with E-state index in [4.69, 9.17) is 16.6 Å². The zero-order chi connectivity index (χ0) is 22.1. The number of hydrogen-bond acceptors (Lipinski definition) is 7. The van der Waals surface area contributed by atoms with Crippen LogP contribution in [-0.2, 0) is 11.3 Å². The zero-order valence-corrected chi connectivity index (χ0v) is 19.0. The Bertz CT molecular complexity index is 1230. The quantitative estimate of drug-likeness (QED) is 0.772. The maximum atomic E-state index is 13.5. The number of fused-ring (bicyclic) bond motifs is 4. The third-order valence-electron chi connectivity index (χ3n) is 7.29. The molecule has 10 heteroatoms. The highest BCUT2D eigenvalue weighted by atomic mass is 35.5. The van der Waals surface area contributed by atoms with Crippen molar-refractivity contribution in [2.75, 3.05) is 14.1 Å². The lowest BCUT2D eigenvalue weighted by Gasteiger charge is -2.36. The second kappa shape index (κ2) is 7.11. The van der Waals surface area contributed by atoms with E-state index in [1.54, 1.807) is 11.9 Å². The smallest absolute Gasteiger partial charge is 0.246 e. The van der Waals surface area contributed by atoms with E-state index in [1.807, 2.05) is 37.0 Å². The molecule has 1 unspecified atom stereocenters. The number of rotatable bonds is 3. The van der Waals surface area contributed by atoms with Gasteiger partial charge in [0.05, 0.1) is 16.3 Å². The van der Waals surface area contributed by atoms with Gasteiger partial charge in [-0.15, -0.1) is 5.10 Å². The van der Waals surface area contributed by atoms with Gasteiger partial charge in [-0.2, -0.15) is 15.2 Å². The highest BCUT2D eigenvalue weighted by molar-refractivity contribution is 6.42. The van der Waals surface area contributed by atoms with Gasteiger partial charge in [-0.1, -0.05) is 11.6 Å². The Morgan fingerprint density at radius 3 is 2.84 bits per heavy atom. The van der Waals surface area contributed by atoms with Crippen LogP contribution in [0.1, 0.15) is 31.7 Å². The number of carbonyl (C=O) groups is 1. The molecule has 6 rings (SSSR count). The molecule has 32 heavy (non-hydrogen) atoms. The van der Waals surface area contributed by atoms with Crippen LogP contribution in [0.2, 0.25) is 5.02 Å². The van der Waals surface area contributed by atoms with Crippen LogP contribution >= 0.6 is 11.6 Å². The lowest BCUT2D eigenvalue weighted by Crippen LogP contribution is -2.55. The molecule has 4 atom stereocenters. The van der Waals surface area contributed by atoms with Crippen molar-refractivity contribution in [1.29, 1.82) is 0 Å². The molecule has 0 radical (unpaired) electrons. The summed E-state index contributed by atoms with van der Waals surface area (Å²) in [6.07, 6.45) is 5.23. The molecule has 9 nitrogen and oxygen atoms in total. The number of carbonyl (C=O) groups excluding carboxylic acids is 1. The molecule has 1 aromatic carbocycles. The number of likely N-dealkylation sites (N-methyl/N-ethyl adjacent to an activating group) is 1. The Kier molecular flexibility index (Phi) is 4.42. The van der Waals surface area contributed by atoms with Gasteiger partial charge in [0.15, 0.2) is 5.84 Å². The number of aliphatic imine (C=N–C) groups is 1. The summed E-state index contributed by atoms with van der Waals surface area (Å²) in [4.78, 5) is 22.4. The number of guanidine groups is 1. The van der Waals surface area contributed by atoms with Gasteiger partial charge in [0, 0.05) is 48.9 Å². The van der Waals surface area contributed by atoms with E-state index in [0.717, 1.165) is 36.7 Å². The Labute approximate surface area is 190 Å². The minimum atomic E-state index is -0.639. The van der Waals surface area contributed by atoms with Crippen LogP contribution in [0.15, 0.2) is 33.5 Å². The Hall–Kier alpha value is -2.78. The van der Waals surface area contributed by atoms with Gasteiger partial charge >= 0.3 is 0 Å². The van der Waals surface area contributed by atoms with Crippen LogP contribution < -0.4 is 5.32 Å². The van der Waals surface area contributed by atoms with Gasteiger partial charge in [0.25, 0.3) is 0 Å². The summed E-state index contributed by atoms with van der Waals surface area (Å²) in [5.41, 5.74) is 2.07. The first kappa shape index (κ1) is 19.9. The van der Waals surface area contributed by atoms with E-state index < -0.39 is 5.92 Å². The highest BCUT2D eigenvalue weighted by Crippen LogP contribution is 2.40. The van der Waals surface area contributed by atoms with Crippen LogP contribution in [0.25, 0.3) is 10.9 Å². The minimum absolute atomic E-state index is 0.0716. The molecule has 2 aromatic rings. The molecular formula is C22H25ClN8O. The predicted molar refractivity (Wildman–Crippen MR) is 124 cm³/mol. The average Bonchev–Trinajstić information content (AvgIpc) is 3.57. The Balaban J connectivity index is 1.36. The Morgan fingerprint density at radius 2 is 2.09 bits per heavy atom. The first-order valence-corrected chi connectivity index (χ1v) is 11.5. The number of aromatic nitrogens is 2. The number of amidine groups is 1. The first-order chi connectivity index (χ1) is 15.5. The summed E-state index contributed by atoms with van der Waals surface area (Å²) in [7, 11) is 3.80. The molecule has 4 aliphatic heterocycles. The normalized spacial score (nSPS) is 29.0. The van der Waals surface area contributed by atoms with Crippen LogP contribution in [0.3, 0.4) is 0 Å². The maximum absolute atomic E-state index is 13.5. The van der Waals surface area contributed by atoms with Crippen LogP contribution in [-0.4, -0.2) is 75.2 Å². The number of nitrogens with zero attached hydrogens (tertiary/aromatic N) is 7. The lowest BCUT2D eigenvalue weighted by molar-refractivity contribution is -0.127. The molecular weight excluding hydrogens is 428 g/mol. The van der Waals surface area contributed by atoms with E-state index in [0.29, 0.717) is 46.2 Å². The molecule has 1 N–H and O–H groups in total. The second-order valence-electron chi connectivity index (χ2n) is 8.87. The number of aryl methyl sites for hydroxylation is 1. The molecule has 2 bridgehead atoms. The summed E-state index contributed by atoms with van der Waals surface area (Å²) < 4.78 is 1.84. The third-order valence-corrected chi connectivity index (χ3v) is 7.70. The van der Waals surface area contributed by atoms with Crippen LogP contribution in [0.5, 0.6) is 0 Å². The van der Waals surface area contributed by atoms with Crippen molar-refractivity contribution >= 4 is 45.9 Å². The largest absolute Gasteiger partial charge is 0.335 e. The van der Waals surface area contributed by atoms with Crippen molar-refractivity contribution in [3.8, 4) is 0 Å². The fourth-order valence-electron chi connectivity index (χ4n) is 5.65. The summed E-state index contributed by atoms with van der Waals surface area (Å²) in [5, 5.41) is 18.0. The van der Waals surface area contributed by atoms with Gasteiger partial charge < -0.3 is 10.2 Å². The number of halogens is 1. The van der Waals surface area contributed by atoms with E-state index in [9.17, 15) is 4.79 Å². The molecule has 166 valence electrons. The SMILES string of the molecule is CCn1cc2c(Cl)c(C3=NN=C4N=C(N5[C@H]6CC[C@@H]5[C@H](NC)C6)N(C)C(=O)C43)ccc2n1. The van der Waals surface area contributed by atoms with Crippen molar-refractivity contribution in [2.45, 2.75) is 50.9 Å². The fourth-order valence-corrected chi connectivity index (χ4v) is 5.95. The fraction of sp³-hybridized carbons (Fsp3) is 0.500. The predicted octanol–water partition coefficient (Wildman–Crippen LogP) is 2.09. The molecule has 2 saturated heterocycles. The van der Waals surface area contributed by atoms with Crippen molar-refractivity contribution in [2.24, 2.45) is 21.1 Å². The first-order valence-electron chi connectivity index (χ1n) is 11.1. The van der Waals surface area contributed by atoms with Crippen molar-refractivity contribution in [1.82, 2.24) is 24.9 Å². The Morgan fingerprint density at radius 1 is 1.25 bits per heavy atom. The third kappa shape index (κ3) is 2.64. The molecule has 2 fully saturated rings. The summed E-state index contributed by atoms with van der Waals surface area (Å²) in [6, 6.07) is 4.96. The van der Waals surface area contributed by atoms with E-state index in [-0.39, 0.29) is 5.91 Å². The van der Waals surface area contributed by atoms with Crippen molar-refractivity contribution in [3.63, 3.8) is 0 Å². The molecule has 1 aromatic heterocycles. The molecule has 5 heterocycles. The monoisotopic (exact) mass is 452 g/mol. The summed E-state index contributed by atoms with van der Waals surface area (Å²) in [5.74, 6) is 0.432. The lowest BCUT2D eigenvalue weighted by atomic mass is 9.93. The topological polar surface area (TPSA) is 90.5 Å². The van der Waals surface area contributed by atoms with Gasteiger partial charge in [0.1, 0.15) is 5.92 Å². The van der Waals surface area contributed by atoms with Crippen LogP contribution in [0.4, 0.5) is 0 Å². The van der Waals surface area contributed by atoms with E-state index in [2.05, 4.69) is 25.5 Å². The van der Waals surface area contributed by atoms with Gasteiger partial charge in [-0.05, 0) is 45.4 Å².